The van der Waals surface area contributed by atoms with Crippen LogP contribution in [0.1, 0.15) is 30.7 Å². The van der Waals surface area contributed by atoms with Crippen LogP contribution in [-0.4, -0.2) is 49.2 Å². The highest BCUT2D eigenvalue weighted by Crippen LogP contribution is 2.47. The molecule has 3 saturated heterocycles. The maximum atomic E-state index is 14.0. The lowest BCUT2D eigenvalue weighted by atomic mass is 9.82. The van der Waals surface area contributed by atoms with Gasteiger partial charge in [-0.1, -0.05) is 6.07 Å². The van der Waals surface area contributed by atoms with Crippen LogP contribution >= 0.6 is 0 Å². The molecule has 0 radical (unpaired) electrons. The van der Waals surface area contributed by atoms with E-state index in [1.54, 1.807) is 7.05 Å². The SMILES string of the molecule is CN=C(NC1CC1c1c(F)cccc1F)N1CC2C3CCC(O3)C2C1. The molecule has 4 fully saturated rings. The number of benzene rings is 1. The number of ether oxygens (including phenoxy) is 1. The lowest BCUT2D eigenvalue weighted by molar-refractivity contribution is 0.0767. The zero-order valence-electron chi connectivity index (χ0n) is 14.3. The number of hydrogen-bond acceptors (Lipinski definition) is 2. The largest absolute Gasteiger partial charge is 0.374 e. The Morgan fingerprint density at radius 2 is 1.80 bits per heavy atom. The summed E-state index contributed by atoms with van der Waals surface area (Å²) in [5.74, 6) is 1.06. The summed E-state index contributed by atoms with van der Waals surface area (Å²) in [6, 6.07) is 4.13. The van der Waals surface area contributed by atoms with Crippen molar-refractivity contribution in [2.24, 2.45) is 16.8 Å². The Kier molecular flexibility index (Phi) is 3.52. The highest BCUT2D eigenvalue weighted by molar-refractivity contribution is 5.81. The van der Waals surface area contributed by atoms with Gasteiger partial charge in [0.1, 0.15) is 11.6 Å². The first-order valence-corrected chi connectivity index (χ1v) is 9.23. The molecule has 0 aromatic heterocycles. The van der Waals surface area contributed by atoms with Crippen LogP contribution in [0, 0.1) is 23.5 Å². The molecule has 5 rings (SSSR count). The van der Waals surface area contributed by atoms with Gasteiger partial charge in [-0.3, -0.25) is 4.99 Å². The fourth-order valence-electron chi connectivity index (χ4n) is 5.13. The molecular formula is C19H23F2N3O. The van der Waals surface area contributed by atoms with Crippen LogP contribution < -0.4 is 5.32 Å². The predicted octanol–water partition coefficient (Wildman–Crippen LogP) is 2.51. The number of halogens is 2. The Morgan fingerprint density at radius 3 is 2.40 bits per heavy atom. The van der Waals surface area contributed by atoms with E-state index in [0.29, 0.717) is 24.0 Å². The van der Waals surface area contributed by atoms with Crippen molar-refractivity contribution in [3.8, 4) is 0 Å². The first-order chi connectivity index (χ1) is 12.2. The van der Waals surface area contributed by atoms with Gasteiger partial charge in [-0.25, -0.2) is 8.78 Å². The number of aliphatic imine (C=N–C) groups is 1. The molecule has 4 aliphatic rings. The third-order valence-corrected chi connectivity index (χ3v) is 6.44. The second kappa shape index (κ2) is 5.66. The van der Waals surface area contributed by atoms with Crippen molar-refractivity contribution in [3.63, 3.8) is 0 Å². The van der Waals surface area contributed by atoms with Crippen molar-refractivity contribution in [3.05, 3.63) is 35.4 Å². The number of fused-ring (bicyclic) bond motifs is 5. The first-order valence-electron chi connectivity index (χ1n) is 9.23. The molecule has 0 amide bonds. The highest BCUT2D eigenvalue weighted by Gasteiger charge is 2.54. The maximum Gasteiger partial charge on any atom is 0.193 e. The molecule has 2 bridgehead atoms. The number of nitrogens with one attached hydrogen (secondary N) is 1. The molecule has 6 unspecified atom stereocenters. The Hall–Kier alpha value is -1.69. The molecule has 1 N–H and O–H groups in total. The molecule has 1 saturated carbocycles. The lowest BCUT2D eigenvalue weighted by Gasteiger charge is -2.23. The third kappa shape index (κ3) is 2.45. The number of rotatable bonds is 2. The molecule has 1 aromatic carbocycles. The number of likely N-dealkylation sites (tertiary alicyclic amines) is 1. The van der Waals surface area contributed by atoms with Gasteiger partial charge in [0.15, 0.2) is 5.96 Å². The van der Waals surface area contributed by atoms with Crippen LogP contribution in [0.5, 0.6) is 0 Å². The number of nitrogens with zero attached hydrogens (tertiary/aromatic N) is 2. The monoisotopic (exact) mass is 347 g/mol. The van der Waals surface area contributed by atoms with E-state index in [9.17, 15) is 8.78 Å². The molecule has 3 aliphatic heterocycles. The normalized spacial score (nSPS) is 39.0. The van der Waals surface area contributed by atoms with E-state index in [1.807, 2.05) is 0 Å². The lowest BCUT2D eigenvalue weighted by Crippen LogP contribution is -2.42. The summed E-state index contributed by atoms with van der Waals surface area (Å²) < 4.78 is 33.9. The van der Waals surface area contributed by atoms with Gasteiger partial charge in [0.05, 0.1) is 12.2 Å². The van der Waals surface area contributed by atoms with Crippen molar-refractivity contribution in [1.82, 2.24) is 10.2 Å². The summed E-state index contributed by atoms with van der Waals surface area (Å²) in [6.45, 7) is 1.94. The van der Waals surface area contributed by atoms with Gasteiger partial charge in [0.25, 0.3) is 0 Å². The van der Waals surface area contributed by atoms with E-state index in [1.165, 1.54) is 31.0 Å². The van der Waals surface area contributed by atoms with Crippen molar-refractivity contribution < 1.29 is 13.5 Å². The minimum absolute atomic E-state index is 0.0542. The van der Waals surface area contributed by atoms with Crippen LogP contribution in [0.3, 0.4) is 0 Å². The van der Waals surface area contributed by atoms with Gasteiger partial charge in [0.2, 0.25) is 0 Å². The van der Waals surface area contributed by atoms with Crippen molar-refractivity contribution in [1.29, 1.82) is 0 Å². The van der Waals surface area contributed by atoms with E-state index >= 15 is 0 Å². The van der Waals surface area contributed by atoms with E-state index in [4.69, 9.17) is 4.74 Å². The standard InChI is InChI=1S/C19H23F2N3O/c1-22-19(24-8-11-12(9-24)17-6-5-16(11)25-17)23-15-7-10(15)18-13(20)3-2-4-14(18)21/h2-4,10-12,15-17H,5-9H2,1H3,(H,22,23). The molecule has 1 aliphatic carbocycles. The Bertz CT molecular complexity index is 686. The summed E-state index contributed by atoms with van der Waals surface area (Å²) in [7, 11) is 1.78. The van der Waals surface area contributed by atoms with Crippen LogP contribution in [0.4, 0.5) is 8.78 Å². The van der Waals surface area contributed by atoms with Crippen molar-refractivity contribution in [2.45, 2.75) is 43.4 Å². The van der Waals surface area contributed by atoms with Gasteiger partial charge >= 0.3 is 0 Å². The second-order valence-corrected chi connectivity index (χ2v) is 7.80. The Labute approximate surface area is 146 Å². The Morgan fingerprint density at radius 1 is 1.16 bits per heavy atom. The molecule has 0 spiro atoms. The van der Waals surface area contributed by atoms with Crippen LogP contribution in [0.2, 0.25) is 0 Å². The highest BCUT2D eigenvalue weighted by atomic mass is 19.1. The summed E-state index contributed by atoms with van der Waals surface area (Å²) >= 11 is 0. The van der Waals surface area contributed by atoms with Gasteiger partial charge in [-0.05, 0) is 31.4 Å². The third-order valence-electron chi connectivity index (χ3n) is 6.44. The van der Waals surface area contributed by atoms with Gasteiger partial charge in [-0.15, -0.1) is 0 Å². The smallest absolute Gasteiger partial charge is 0.193 e. The van der Waals surface area contributed by atoms with Crippen LogP contribution in [0.15, 0.2) is 23.2 Å². The topological polar surface area (TPSA) is 36.9 Å². The van der Waals surface area contributed by atoms with Gasteiger partial charge in [0, 0.05) is 49.5 Å². The predicted molar refractivity (Wildman–Crippen MR) is 90.4 cm³/mol. The van der Waals surface area contributed by atoms with E-state index < -0.39 is 11.6 Å². The summed E-state index contributed by atoms with van der Waals surface area (Å²) in [5.41, 5.74) is 0.209. The molecule has 1 aromatic rings. The van der Waals surface area contributed by atoms with Gasteiger partial charge in [-0.2, -0.15) is 0 Å². The fraction of sp³-hybridized carbons (Fsp3) is 0.632. The molecule has 25 heavy (non-hydrogen) atoms. The van der Waals surface area contributed by atoms with E-state index in [-0.39, 0.29) is 17.5 Å². The summed E-state index contributed by atoms with van der Waals surface area (Å²) in [4.78, 5) is 6.73. The fourth-order valence-corrected chi connectivity index (χ4v) is 5.13. The first kappa shape index (κ1) is 15.6. The molecule has 3 heterocycles. The average Bonchev–Trinajstić information content (AvgIpc) is 2.97. The minimum atomic E-state index is -0.450. The molecule has 134 valence electrons. The van der Waals surface area contributed by atoms with Gasteiger partial charge < -0.3 is 15.0 Å². The zero-order chi connectivity index (χ0) is 17.1. The van der Waals surface area contributed by atoms with E-state index in [0.717, 1.165) is 25.5 Å². The quantitative estimate of drug-likeness (QED) is 0.660. The summed E-state index contributed by atoms with van der Waals surface area (Å²) in [5, 5.41) is 3.43. The molecule has 6 atom stereocenters. The summed E-state index contributed by atoms with van der Waals surface area (Å²) in [6.07, 6.45) is 3.94. The number of guanidine groups is 1. The van der Waals surface area contributed by atoms with Crippen LogP contribution in [0.25, 0.3) is 0 Å². The van der Waals surface area contributed by atoms with E-state index in [2.05, 4.69) is 15.2 Å². The van der Waals surface area contributed by atoms with Crippen molar-refractivity contribution in [2.75, 3.05) is 20.1 Å². The molecule has 4 nitrogen and oxygen atoms in total. The molecule has 6 heteroatoms. The Balaban J connectivity index is 1.26. The second-order valence-electron chi connectivity index (χ2n) is 7.80. The van der Waals surface area contributed by atoms with Crippen molar-refractivity contribution >= 4 is 5.96 Å². The zero-order valence-corrected chi connectivity index (χ0v) is 14.3. The maximum absolute atomic E-state index is 14.0. The molecular weight excluding hydrogens is 324 g/mol. The minimum Gasteiger partial charge on any atom is -0.374 e. The number of hydrogen-bond donors (Lipinski definition) is 1. The average molecular weight is 347 g/mol. The van der Waals surface area contributed by atoms with Crippen LogP contribution in [-0.2, 0) is 4.74 Å².